The Morgan fingerprint density at radius 3 is 2.67 bits per heavy atom. The largest absolute Gasteiger partial charge is 0.381 e. The number of benzene rings is 2. The lowest BCUT2D eigenvalue weighted by Gasteiger charge is -2.11. The smallest absolute Gasteiger partial charge is 0.274 e. The van der Waals surface area contributed by atoms with Crippen molar-refractivity contribution in [2.45, 2.75) is 20.4 Å². The maximum absolute atomic E-state index is 11.0. The Bertz CT molecular complexity index is 733. The zero-order valence-electron chi connectivity index (χ0n) is 11.9. The summed E-state index contributed by atoms with van der Waals surface area (Å²) in [5.74, 6) is 0. The van der Waals surface area contributed by atoms with E-state index in [1.54, 1.807) is 31.2 Å². The molecule has 0 unspecified atom stereocenters. The molecular formula is C16H15N3O2. The van der Waals surface area contributed by atoms with Gasteiger partial charge in [0.1, 0.15) is 0 Å². The highest BCUT2D eigenvalue weighted by atomic mass is 16.6. The number of nitriles is 1. The van der Waals surface area contributed by atoms with E-state index in [1.165, 1.54) is 0 Å². The van der Waals surface area contributed by atoms with Crippen LogP contribution in [-0.2, 0) is 6.54 Å². The van der Waals surface area contributed by atoms with Gasteiger partial charge in [0, 0.05) is 23.9 Å². The van der Waals surface area contributed by atoms with Crippen LogP contribution in [0.3, 0.4) is 0 Å². The second kappa shape index (κ2) is 6.06. The van der Waals surface area contributed by atoms with Gasteiger partial charge in [-0.25, -0.2) is 0 Å². The van der Waals surface area contributed by atoms with Crippen LogP contribution in [0.15, 0.2) is 36.4 Å². The number of anilines is 1. The molecule has 0 fully saturated rings. The Morgan fingerprint density at radius 1 is 1.24 bits per heavy atom. The summed E-state index contributed by atoms with van der Waals surface area (Å²) in [5.41, 5.74) is 3.99. The minimum absolute atomic E-state index is 0.105. The molecule has 5 heteroatoms. The third-order valence-electron chi connectivity index (χ3n) is 3.28. The molecule has 0 aliphatic carbocycles. The number of hydrogen-bond acceptors (Lipinski definition) is 4. The van der Waals surface area contributed by atoms with E-state index in [2.05, 4.69) is 11.4 Å². The minimum Gasteiger partial charge on any atom is -0.381 e. The van der Waals surface area contributed by atoms with Crippen LogP contribution in [-0.4, -0.2) is 4.92 Å². The maximum atomic E-state index is 11.0. The first-order valence-electron chi connectivity index (χ1n) is 6.50. The van der Waals surface area contributed by atoms with Crippen molar-refractivity contribution in [3.63, 3.8) is 0 Å². The molecule has 5 nitrogen and oxygen atoms in total. The van der Waals surface area contributed by atoms with Crippen LogP contribution in [0.25, 0.3) is 0 Å². The van der Waals surface area contributed by atoms with Crippen LogP contribution in [0.4, 0.5) is 11.4 Å². The third-order valence-corrected chi connectivity index (χ3v) is 3.28. The molecule has 0 atom stereocenters. The summed E-state index contributed by atoms with van der Waals surface area (Å²) in [7, 11) is 0. The van der Waals surface area contributed by atoms with Gasteiger partial charge in [0.2, 0.25) is 0 Å². The van der Waals surface area contributed by atoms with E-state index in [1.807, 2.05) is 19.1 Å². The fraction of sp³-hybridized carbons (Fsp3) is 0.188. The fourth-order valence-corrected chi connectivity index (χ4v) is 2.18. The molecule has 106 valence electrons. The first kappa shape index (κ1) is 14.5. The number of rotatable bonds is 4. The average Bonchev–Trinajstić information content (AvgIpc) is 2.46. The van der Waals surface area contributed by atoms with E-state index in [9.17, 15) is 10.1 Å². The summed E-state index contributed by atoms with van der Waals surface area (Å²) in [6.07, 6.45) is 0. The van der Waals surface area contributed by atoms with Crippen LogP contribution in [0.5, 0.6) is 0 Å². The standard InChI is InChI=1S/C16H15N3O2/c1-11-6-12(2)16(19(20)21)8-15(11)18-10-14-5-3-4-13(7-14)9-17/h3-8,18H,10H2,1-2H3. The van der Waals surface area contributed by atoms with Gasteiger partial charge in [-0.3, -0.25) is 10.1 Å². The molecule has 0 amide bonds. The van der Waals surface area contributed by atoms with Gasteiger partial charge in [0.25, 0.3) is 5.69 Å². The molecule has 0 aromatic heterocycles. The van der Waals surface area contributed by atoms with E-state index in [0.29, 0.717) is 17.7 Å². The van der Waals surface area contributed by atoms with Crippen molar-refractivity contribution in [1.29, 1.82) is 5.26 Å². The average molecular weight is 281 g/mol. The van der Waals surface area contributed by atoms with Crippen molar-refractivity contribution in [3.05, 3.63) is 68.8 Å². The molecule has 21 heavy (non-hydrogen) atoms. The Hall–Kier alpha value is -2.87. The van der Waals surface area contributed by atoms with Crippen LogP contribution in [0.1, 0.15) is 22.3 Å². The van der Waals surface area contributed by atoms with Gasteiger partial charge in [-0.1, -0.05) is 12.1 Å². The molecule has 2 aromatic rings. The normalized spacial score (nSPS) is 9.95. The summed E-state index contributed by atoms with van der Waals surface area (Å²) in [6.45, 7) is 4.15. The topological polar surface area (TPSA) is 79.0 Å². The van der Waals surface area contributed by atoms with Gasteiger partial charge in [-0.05, 0) is 43.2 Å². The fourth-order valence-electron chi connectivity index (χ4n) is 2.18. The van der Waals surface area contributed by atoms with Crippen molar-refractivity contribution in [2.75, 3.05) is 5.32 Å². The molecule has 2 rings (SSSR count). The van der Waals surface area contributed by atoms with Crippen LogP contribution >= 0.6 is 0 Å². The van der Waals surface area contributed by atoms with Crippen molar-refractivity contribution >= 4 is 11.4 Å². The van der Waals surface area contributed by atoms with Crippen molar-refractivity contribution in [3.8, 4) is 6.07 Å². The van der Waals surface area contributed by atoms with Gasteiger partial charge < -0.3 is 5.32 Å². The summed E-state index contributed by atoms with van der Waals surface area (Å²) < 4.78 is 0. The summed E-state index contributed by atoms with van der Waals surface area (Å²) in [5, 5.41) is 23.0. The second-order valence-corrected chi connectivity index (χ2v) is 4.88. The van der Waals surface area contributed by atoms with Gasteiger partial charge in [-0.2, -0.15) is 5.26 Å². The van der Waals surface area contributed by atoms with E-state index >= 15 is 0 Å². The molecule has 2 aromatic carbocycles. The first-order valence-corrected chi connectivity index (χ1v) is 6.50. The summed E-state index contributed by atoms with van der Waals surface area (Å²) in [4.78, 5) is 10.6. The van der Waals surface area contributed by atoms with Gasteiger partial charge in [-0.15, -0.1) is 0 Å². The van der Waals surface area contributed by atoms with Crippen molar-refractivity contribution in [1.82, 2.24) is 0 Å². The monoisotopic (exact) mass is 281 g/mol. The van der Waals surface area contributed by atoms with Gasteiger partial charge in [0.05, 0.1) is 16.6 Å². The number of nitrogens with one attached hydrogen (secondary N) is 1. The van der Waals surface area contributed by atoms with Crippen LogP contribution in [0, 0.1) is 35.3 Å². The van der Waals surface area contributed by atoms with E-state index in [0.717, 1.165) is 16.8 Å². The quantitative estimate of drug-likeness (QED) is 0.684. The molecule has 0 saturated carbocycles. The molecule has 0 aliphatic heterocycles. The highest BCUT2D eigenvalue weighted by molar-refractivity contribution is 5.60. The number of hydrogen-bond donors (Lipinski definition) is 1. The maximum Gasteiger partial charge on any atom is 0.274 e. The summed E-state index contributed by atoms with van der Waals surface area (Å²) in [6, 6.07) is 12.7. The molecule has 0 saturated heterocycles. The Kier molecular flexibility index (Phi) is 4.19. The lowest BCUT2D eigenvalue weighted by molar-refractivity contribution is -0.385. The SMILES string of the molecule is Cc1cc(C)c([N+](=O)[O-])cc1NCc1cccc(C#N)c1. The molecule has 0 heterocycles. The molecule has 0 aliphatic rings. The Labute approximate surface area is 123 Å². The predicted octanol–water partition coefficient (Wildman–Crippen LogP) is 3.70. The Balaban J connectivity index is 2.22. The number of nitrogens with zero attached hydrogens (tertiary/aromatic N) is 2. The molecule has 0 spiro atoms. The number of aryl methyl sites for hydroxylation is 2. The van der Waals surface area contributed by atoms with E-state index in [4.69, 9.17) is 5.26 Å². The van der Waals surface area contributed by atoms with Crippen molar-refractivity contribution < 1.29 is 4.92 Å². The first-order chi connectivity index (χ1) is 10.0. The second-order valence-electron chi connectivity index (χ2n) is 4.88. The zero-order chi connectivity index (χ0) is 15.4. The minimum atomic E-state index is -0.379. The third kappa shape index (κ3) is 3.37. The molecule has 0 bridgehead atoms. The zero-order valence-corrected chi connectivity index (χ0v) is 11.9. The van der Waals surface area contributed by atoms with E-state index in [-0.39, 0.29) is 10.6 Å². The van der Waals surface area contributed by atoms with Crippen molar-refractivity contribution in [2.24, 2.45) is 0 Å². The predicted molar refractivity (Wildman–Crippen MR) is 81.1 cm³/mol. The van der Waals surface area contributed by atoms with Gasteiger partial charge >= 0.3 is 0 Å². The number of nitro groups is 1. The van der Waals surface area contributed by atoms with Crippen LogP contribution < -0.4 is 5.32 Å². The van der Waals surface area contributed by atoms with E-state index < -0.39 is 0 Å². The molecule has 1 N–H and O–H groups in total. The van der Waals surface area contributed by atoms with Crippen LogP contribution in [0.2, 0.25) is 0 Å². The molecule has 0 radical (unpaired) electrons. The van der Waals surface area contributed by atoms with Gasteiger partial charge in [0.15, 0.2) is 0 Å². The lowest BCUT2D eigenvalue weighted by Crippen LogP contribution is -2.03. The highest BCUT2D eigenvalue weighted by Gasteiger charge is 2.13. The lowest BCUT2D eigenvalue weighted by atomic mass is 10.1. The Morgan fingerprint density at radius 2 is 2.00 bits per heavy atom. The number of nitro benzene ring substituents is 1. The highest BCUT2D eigenvalue weighted by Crippen LogP contribution is 2.26. The molecular weight excluding hydrogens is 266 g/mol. The summed E-state index contributed by atoms with van der Waals surface area (Å²) >= 11 is 0.